The molecule has 2 aromatic heterocycles. The molecule has 7 nitrogen and oxygen atoms in total. The summed E-state index contributed by atoms with van der Waals surface area (Å²) in [5.74, 6) is -0.330. The predicted molar refractivity (Wildman–Crippen MR) is 115 cm³/mol. The zero-order chi connectivity index (χ0) is 21.3. The number of thioether (sulfide) groups is 1. The molecule has 30 heavy (non-hydrogen) atoms. The number of esters is 1. The molecule has 0 saturated heterocycles. The van der Waals surface area contributed by atoms with Gasteiger partial charge < -0.3 is 13.8 Å². The standard InChI is InChI=1S/C21H20BrN3O4S/c1-3-28-20(27)17-16(19(29-24-17)12-4-5-12)18(26)15-7-6-14(22)10-13(15)11-25-9-8-23-21(25)30-2/h6-10,12H,3-5,11H2,1-2H3. The van der Waals surface area contributed by atoms with Crippen molar-refractivity contribution in [3.05, 3.63) is 63.2 Å². The summed E-state index contributed by atoms with van der Waals surface area (Å²) in [5.41, 5.74) is 1.47. The van der Waals surface area contributed by atoms with Crippen LogP contribution in [0.25, 0.3) is 0 Å². The Balaban J connectivity index is 1.77. The van der Waals surface area contributed by atoms with Crippen molar-refractivity contribution >= 4 is 39.4 Å². The molecule has 1 aliphatic rings. The Morgan fingerprint density at radius 3 is 2.87 bits per heavy atom. The zero-order valence-electron chi connectivity index (χ0n) is 16.6. The minimum absolute atomic E-state index is 0.0509. The zero-order valence-corrected chi connectivity index (χ0v) is 19.0. The second-order valence-electron chi connectivity index (χ2n) is 6.94. The largest absolute Gasteiger partial charge is 0.461 e. The third-order valence-electron chi connectivity index (χ3n) is 4.87. The Morgan fingerprint density at radius 2 is 2.17 bits per heavy atom. The minimum Gasteiger partial charge on any atom is -0.461 e. The molecule has 4 rings (SSSR count). The quantitative estimate of drug-likeness (QED) is 0.257. The number of carbonyl (C=O) groups excluding carboxylic acids is 2. The summed E-state index contributed by atoms with van der Waals surface area (Å²) in [4.78, 5) is 30.4. The second kappa shape index (κ2) is 8.77. The average Bonchev–Trinajstić information content (AvgIpc) is 3.31. The smallest absolute Gasteiger partial charge is 0.361 e. The maximum absolute atomic E-state index is 13.7. The highest BCUT2D eigenvalue weighted by Gasteiger charge is 2.38. The highest BCUT2D eigenvalue weighted by molar-refractivity contribution is 9.10. The van der Waals surface area contributed by atoms with Crippen LogP contribution in [0.4, 0.5) is 0 Å². The van der Waals surface area contributed by atoms with Gasteiger partial charge in [0.25, 0.3) is 0 Å². The van der Waals surface area contributed by atoms with Crippen LogP contribution in [0, 0.1) is 0 Å². The van der Waals surface area contributed by atoms with Crippen molar-refractivity contribution in [1.29, 1.82) is 0 Å². The molecule has 0 bridgehead atoms. The highest BCUT2D eigenvalue weighted by atomic mass is 79.9. The number of carbonyl (C=O) groups is 2. The molecule has 0 spiro atoms. The summed E-state index contributed by atoms with van der Waals surface area (Å²) < 4.78 is 13.4. The van der Waals surface area contributed by atoms with Crippen LogP contribution in [-0.2, 0) is 11.3 Å². The van der Waals surface area contributed by atoms with Crippen LogP contribution >= 0.6 is 27.7 Å². The lowest BCUT2D eigenvalue weighted by Gasteiger charge is -2.12. The summed E-state index contributed by atoms with van der Waals surface area (Å²) in [6.45, 7) is 2.37. The van der Waals surface area contributed by atoms with Crippen molar-refractivity contribution < 1.29 is 18.8 Å². The van der Waals surface area contributed by atoms with Gasteiger partial charge in [0.2, 0.25) is 5.69 Å². The maximum atomic E-state index is 13.7. The van der Waals surface area contributed by atoms with Crippen LogP contribution in [0.2, 0.25) is 0 Å². The molecule has 0 N–H and O–H groups in total. The van der Waals surface area contributed by atoms with Crippen LogP contribution in [-0.4, -0.2) is 39.3 Å². The van der Waals surface area contributed by atoms with E-state index in [4.69, 9.17) is 9.26 Å². The van der Waals surface area contributed by atoms with Crippen molar-refractivity contribution in [2.24, 2.45) is 0 Å². The van der Waals surface area contributed by atoms with Gasteiger partial charge in [0.15, 0.2) is 16.7 Å². The van der Waals surface area contributed by atoms with E-state index in [1.165, 1.54) is 11.8 Å². The number of ketones is 1. The van der Waals surface area contributed by atoms with E-state index in [0.717, 1.165) is 28.0 Å². The Bertz CT molecular complexity index is 1100. The predicted octanol–water partition coefficient (Wildman–Crippen LogP) is 4.69. The van der Waals surface area contributed by atoms with Crippen molar-refractivity contribution in [1.82, 2.24) is 14.7 Å². The molecule has 9 heteroatoms. The molecule has 1 aromatic carbocycles. The number of imidazole rings is 1. The monoisotopic (exact) mass is 489 g/mol. The first-order chi connectivity index (χ1) is 14.5. The number of hydrogen-bond donors (Lipinski definition) is 0. The van der Waals surface area contributed by atoms with E-state index in [1.54, 1.807) is 19.2 Å². The summed E-state index contributed by atoms with van der Waals surface area (Å²) in [7, 11) is 0. The lowest BCUT2D eigenvalue weighted by Crippen LogP contribution is -2.15. The lowest BCUT2D eigenvalue weighted by molar-refractivity contribution is 0.0512. The molecule has 1 saturated carbocycles. The molecule has 156 valence electrons. The number of halogens is 1. The van der Waals surface area contributed by atoms with Gasteiger partial charge in [0, 0.05) is 28.3 Å². The van der Waals surface area contributed by atoms with E-state index in [9.17, 15) is 9.59 Å². The lowest BCUT2D eigenvalue weighted by atomic mass is 9.95. The number of rotatable bonds is 8. The molecule has 0 unspecified atom stereocenters. The second-order valence-corrected chi connectivity index (χ2v) is 8.63. The molecule has 2 heterocycles. The Morgan fingerprint density at radius 1 is 1.37 bits per heavy atom. The van der Waals surface area contributed by atoms with Gasteiger partial charge >= 0.3 is 5.97 Å². The number of nitrogens with zero attached hydrogens (tertiary/aromatic N) is 3. The van der Waals surface area contributed by atoms with E-state index in [1.807, 2.05) is 29.2 Å². The van der Waals surface area contributed by atoms with E-state index in [2.05, 4.69) is 26.1 Å². The van der Waals surface area contributed by atoms with Gasteiger partial charge in [-0.2, -0.15) is 0 Å². The fourth-order valence-corrected chi connectivity index (χ4v) is 4.26. The molecule has 1 fully saturated rings. The summed E-state index contributed by atoms with van der Waals surface area (Å²) in [5, 5.41) is 4.75. The third kappa shape index (κ3) is 4.09. The normalized spacial score (nSPS) is 13.4. The van der Waals surface area contributed by atoms with Crippen molar-refractivity contribution in [3.63, 3.8) is 0 Å². The average molecular weight is 490 g/mol. The van der Waals surface area contributed by atoms with Crippen LogP contribution < -0.4 is 0 Å². The highest BCUT2D eigenvalue weighted by Crippen LogP contribution is 2.43. The first-order valence-corrected chi connectivity index (χ1v) is 11.6. The third-order valence-corrected chi connectivity index (χ3v) is 6.07. The van der Waals surface area contributed by atoms with Gasteiger partial charge in [-0.25, -0.2) is 9.78 Å². The number of ether oxygens (including phenoxy) is 1. The maximum Gasteiger partial charge on any atom is 0.361 e. The van der Waals surface area contributed by atoms with E-state index in [-0.39, 0.29) is 29.6 Å². The topological polar surface area (TPSA) is 87.2 Å². The Labute approximate surface area is 186 Å². The molecule has 0 atom stereocenters. The minimum atomic E-state index is -0.644. The molecular formula is C21H20BrN3O4S. The molecule has 3 aromatic rings. The molecule has 1 aliphatic carbocycles. The van der Waals surface area contributed by atoms with Gasteiger partial charge in [-0.15, -0.1) is 0 Å². The summed E-state index contributed by atoms with van der Waals surface area (Å²) in [6.07, 6.45) is 7.39. The number of hydrogen-bond acceptors (Lipinski definition) is 7. The van der Waals surface area contributed by atoms with Gasteiger partial charge in [0.1, 0.15) is 5.56 Å². The van der Waals surface area contributed by atoms with E-state index < -0.39 is 5.97 Å². The number of benzene rings is 1. The molecule has 0 aliphatic heterocycles. The van der Waals surface area contributed by atoms with Crippen LogP contribution in [0.3, 0.4) is 0 Å². The van der Waals surface area contributed by atoms with Crippen molar-refractivity contribution in [2.45, 2.75) is 37.4 Å². The summed E-state index contributed by atoms with van der Waals surface area (Å²) >= 11 is 5.03. The van der Waals surface area contributed by atoms with Crippen LogP contribution in [0.15, 0.2) is 44.7 Å². The SMILES string of the molecule is CCOC(=O)c1noc(C2CC2)c1C(=O)c1ccc(Br)cc1Cn1ccnc1SC. The first kappa shape index (κ1) is 20.9. The molecular weight excluding hydrogens is 470 g/mol. The summed E-state index contributed by atoms with van der Waals surface area (Å²) in [6, 6.07) is 5.48. The van der Waals surface area contributed by atoms with Crippen molar-refractivity contribution in [3.8, 4) is 0 Å². The number of aromatic nitrogens is 3. The van der Waals surface area contributed by atoms with Gasteiger partial charge in [0.05, 0.1) is 13.2 Å². The van der Waals surface area contributed by atoms with Crippen LogP contribution in [0.5, 0.6) is 0 Å². The van der Waals surface area contributed by atoms with Gasteiger partial charge in [-0.05, 0) is 49.8 Å². The van der Waals surface area contributed by atoms with E-state index >= 15 is 0 Å². The fraction of sp³-hybridized carbons (Fsp3) is 0.333. The first-order valence-electron chi connectivity index (χ1n) is 9.58. The fourth-order valence-electron chi connectivity index (χ4n) is 3.32. The van der Waals surface area contributed by atoms with Gasteiger partial charge in [-0.3, -0.25) is 4.79 Å². The Kier molecular flexibility index (Phi) is 6.10. The molecule has 0 radical (unpaired) electrons. The molecule has 0 amide bonds. The van der Waals surface area contributed by atoms with Crippen molar-refractivity contribution in [2.75, 3.05) is 12.9 Å². The Hall–Kier alpha value is -2.39. The van der Waals surface area contributed by atoms with E-state index in [0.29, 0.717) is 17.9 Å². The van der Waals surface area contributed by atoms with Gasteiger partial charge in [-0.1, -0.05) is 32.8 Å². The van der Waals surface area contributed by atoms with Crippen LogP contribution in [0.1, 0.15) is 63.4 Å².